The third-order valence-corrected chi connectivity index (χ3v) is 6.95. The molecule has 1 aliphatic carbocycles. The maximum Gasteiger partial charge on any atom is 0.416 e. The first-order valence-corrected chi connectivity index (χ1v) is 11.3. The van der Waals surface area contributed by atoms with Crippen LogP contribution in [0, 0.1) is 11.7 Å². The Balaban J connectivity index is 1.60. The van der Waals surface area contributed by atoms with Gasteiger partial charge in [0.2, 0.25) is 0 Å². The number of rotatable bonds is 5. The lowest BCUT2D eigenvalue weighted by molar-refractivity contribution is -0.143. The van der Waals surface area contributed by atoms with Gasteiger partial charge in [0.25, 0.3) is 5.91 Å². The topological polar surface area (TPSA) is 58.6 Å². The summed E-state index contributed by atoms with van der Waals surface area (Å²) in [5.74, 6) is -1.69. The zero-order valence-corrected chi connectivity index (χ0v) is 19.1. The highest BCUT2D eigenvalue weighted by Gasteiger charge is 2.50. The van der Waals surface area contributed by atoms with Crippen LogP contribution in [0.3, 0.4) is 0 Å². The van der Waals surface area contributed by atoms with Crippen molar-refractivity contribution in [2.24, 2.45) is 5.92 Å². The van der Waals surface area contributed by atoms with Crippen molar-refractivity contribution >= 4 is 5.91 Å². The molecule has 2 N–H and O–H groups in total. The van der Waals surface area contributed by atoms with Crippen molar-refractivity contribution in [3.8, 4) is 0 Å². The van der Waals surface area contributed by atoms with Crippen molar-refractivity contribution in [2.75, 3.05) is 0 Å². The Morgan fingerprint density at radius 2 is 1.58 bits per heavy atom. The monoisotopic (exact) mass is 519 g/mol. The zero-order chi connectivity index (χ0) is 26.5. The molecular formula is C25H24F7NO3. The normalized spacial score (nSPS) is 29.0. The summed E-state index contributed by atoms with van der Waals surface area (Å²) in [5, 5.41) is 13.1. The van der Waals surface area contributed by atoms with E-state index >= 15 is 0 Å². The molecule has 36 heavy (non-hydrogen) atoms. The number of ether oxygens (including phenoxy) is 1. The van der Waals surface area contributed by atoms with Gasteiger partial charge < -0.3 is 15.2 Å². The lowest BCUT2D eigenvalue weighted by Crippen LogP contribution is -2.37. The van der Waals surface area contributed by atoms with Gasteiger partial charge in [-0.3, -0.25) is 4.79 Å². The highest BCUT2D eigenvalue weighted by molar-refractivity contribution is 5.87. The molecule has 0 spiro atoms. The van der Waals surface area contributed by atoms with E-state index in [2.05, 4.69) is 5.32 Å². The fourth-order valence-electron chi connectivity index (χ4n) is 5.24. The quantitative estimate of drug-likeness (QED) is 0.507. The van der Waals surface area contributed by atoms with Crippen molar-refractivity contribution in [1.82, 2.24) is 5.32 Å². The van der Waals surface area contributed by atoms with Crippen LogP contribution >= 0.6 is 0 Å². The van der Waals surface area contributed by atoms with Crippen molar-refractivity contribution in [2.45, 2.75) is 68.8 Å². The number of aliphatic hydroxyl groups is 1. The third kappa shape index (κ3) is 5.51. The van der Waals surface area contributed by atoms with Gasteiger partial charge >= 0.3 is 12.4 Å². The van der Waals surface area contributed by atoms with E-state index < -0.39 is 65.5 Å². The van der Waals surface area contributed by atoms with Gasteiger partial charge in [-0.25, -0.2) is 4.39 Å². The molecule has 196 valence electrons. The fraction of sp³-hybridized carbons (Fsp3) is 0.480. The minimum absolute atomic E-state index is 0.0606. The molecule has 11 heteroatoms. The predicted molar refractivity (Wildman–Crippen MR) is 114 cm³/mol. The summed E-state index contributed by atoms with van der Waals surface area (Å²) < 4.78 is 98.7. The van der Waals surface area contributed by atoms with Crippen LogP contribution in [0.1, 0.15) is 54.4 Å². The number of alkyl halides is 6. The second-order valence-electron chi connectivity index (χ2n) is 9.64. The summed E-state index contributed by atoms with van der Waals surface area (Å²) in [6, 6.07) is 6.45. The first-order valence-electron chi connectivity index (χ1n) is 11.3. The average molecular weight is 519 g/mol. The maximum absolute atomic E-state index is 13.6. The van der Waals surface area contributed by atoms with Crippen LogP contribution in [-0.2, 0) is 28.5 Å². The Bertz CT molecular complexity index is 1080. The molecule has 5 atom stereocenters. The number of halogens is 7. The molecule has 4 nitrogen and oxygen atoms in total. The molecule has 1 heterocycles. The number of carbonyl (C=O) groups excluding carboxylic acids is 1. The molecule has 0 radical (unpaired) electrons. The number of amides is 1. The van der Waals surface area contributed by atoms with Gasteiger partial charge in [-0.05, 0) is 67.1 Å². The van der Waals surface area contributed by atoms with Crippen molar-refractivity contribution < 1.29 is 45.4 Å². The molecule has 1 amide bonds. The molecule has 4 rings (SSSR count). The maximum atomic E-state index is 13.6. The van der Waals surface area contributed by atoms with Crippen molar-refractivity contribution in [3.05, 3.63) is 70.5 Å². The third-order valence-electron chi connectivity index (χ3n) is 6.95. The lowest BCUT2D eigenvalue weighted by atomic mass is 9.81. The van der Waals surface area contributed by atoms with Gasteiger partial charge in [0.15, 0.2) is 0 Å². The van der Waals surface area contributed by atoms with Crippen LogP contribution in [-0.4, -0.2) is 28.8 Å². The number of benzene rings is 2. The van der Waals surface area contributed by atoms with Crippen LogP contribution in [0.15, 0.2) is 42.5 Å². The highest BCUT2D eigenvalue weighted by atomic mass is 19.4. The molecule has 1 saturated carbocycles. The van der Waals surface area contributed by atoms with E-state index in [0.717, 1.165) is 0 Å². The van der Waals surface area contributed by atoms with Gasteiger partial charge in [0, 0.05) is 18.4 Å². The Kier molecular flexibility index (Phi) is 6.85. The molecule has 0 bridgehead atoms. The number of nitrogens with one attached hydrogen (secondary N) is 1. The minimum atomic E-state index is -4.97. The second-order valence-corrected chi connectivity index (χ2v) is 9.64. The van der Waals surface area contributed by atoms with Gasteiger partial charge in [-0.2, -0.15) is 26.3 Å². The molecule has 2 fully saturated rings. The average Bonchev–Trinajstić information content (AvgIpc) is 3.31. The van der Waals surface area contributed by atoms with E-state index in [0.29, 0.717) is 30.5 Å². The van der Waals surface area contributed by atoms with Crippen LogP contribution in [0.4, 0.5) is 30.7 Å². The summed E-state index contributed by atoms with van der Waals surface area (Å²) in [4.78, 5) is 12.1. The molecule has 0 aromatic heterocycles. The fourth-order valence-corrected chi connectivity index (χ4v) is 5.24. The SMILES string of the molecule is C[C@]1(O)C[C@H]([C@@H]2CCC(OCc3cc(C(F)(F)F)cc(C(F)(F)F)c3)[C@H]2c2ccc(F)cc2)NC1=O. The summed E-state index contributed by atoms with van der Waals surface area (Å²) in [7, 11) is 0. The first kappa shape index (κ1) is 26.4. The molecule has 2 aromatic carbocycles. The first-order chi connectivity index (χ1) is 16.6. The Labute approximate surface area is 202 Å². The van der Waals surface area contributed by atoms with Crippen LogP contribution in [0.25, 0.3) is 0 Å². The standard InChI is InChI=1S/C25H24F7NO3/c1-23(35)11-19(33-22(23)34)18-6-7-20(21(18)14-2-4-17(26)5-3-14)36-12-13-8-15(24(27,28)29)10-16(9-13)25(30,31)32/h2-5,8-10,18-21,35H,6-7,11-12H2,1H3,(H,33,34)/t18-,19+,20?,21-,23-/m0/s1. The van der Waals surface area contributed by atoms with Crippen molar-refractivity contribution in [3.63, 3.8) is 0 Å². The highest BCUT2D eigenvalue weighted by Crippen LogP contribution is 2.46. The van der Waals surface area contributed by atoms with Crippen LogP contribution < -0.4 is 5.32 Å². The number of hydrogen-bond donors (Lipinski definition) is 2. The Hall–Kier alpha value is -2.66. The predicted octanol–water partition coefficient (Wildman–Crippen LogP) is 5.58. The van der Waals surface area contributed by atoms with Crippen LogP contribution in [0.2, 0.25) is 0 Å². The molecule has 2 aromatic rings. The minimum Gasteiger partial charge on any atom is -0.380 e. The van der Waals surface area contributed by atoms with E-state index in [1.54, 1.807) is 0 Å². The second kappa shape index (κ2) is 9.33. The van der Waals surface area contributed by atoms with E-state index in [1.165, 1.54) is 31.2 Å². The summed E-state index contributed by atoms with van der Waals surface area (Å²) in [6.45, 7) is 0.890. The molecule has 1 saturated heterocycles. The lowest BCUT2D eigenvalue weighted by Gasteiger charge is -2.29. The van der Waals surface area contributed by atoms with E-state index in [1.807, 2.05) is 0 Å². The van der Waals surface area contributed by atoms with Gasteiger partial charge in [0.05, 0.1) is 23.8 Å². The molecular weight excluding hydrogens is 495 g/mol. The summed E-state index contributed by atoms with van der Waals surface area (Å²) in [5.41, 5.74) is -4.04. The number of hydrogen-bond acceptors (Lipinski definition) is 3. The molecule has 2 aliphatic rings. The Morgan fingerprint density at radius 3 is 2.08 bits per heavy atom. The summed E-state index contributed by atoms with van der Waals surface area (Å²) in [6.07, 6.45) is -9.50. The zero-order valence-electron chi connectivity index (χ0n) is 19.1. The van der Waals surface area contributed by atoms with E-state index in [9.17, 15) is 40.6 Å². The Morgan fingerprint density at radius 1 is 1.00 bits per heavy atom. The summed E-state index contributed by atoms with van der Waals surface area (Å²) >= 11 is 0. The smallest absolute Gasteiger partial charge is 0.380 e. The van der Waals surface area contributed by atoms with E-state index in [-0.39, 0.29) is 24.0 Å². The van der Waals surface area contributed by atoms with Gasteiger partial charge in [-0.1, -0.05) is 12.1 Å². The largest absolute Gasteiger partial charge is 0.416 e. The van der Waals surface area contributed by atoms with E-state index in [4.69, 9.17) is 4.74 Å². The van der Waals surface area contributed by atoms with Gasteiger partial charge in [0.1, 0.15) is 11.4 Å². The number of carbonyl (C=O) groups is 1. The molecule has 1 unspecified atom stereocenters. The van der Waals surface area contributed by atoms with Gasteiger partial charge in [-0.15, -0.1) is 0 Å². The van der Waals surface area contributed by atoms with Crippen LogP contribution in [0.5, 0.6) is 0 Å². The van der Waals surface area contributed by atoms with Crippen molar-refractivity contribution in [1.29, 1.82) is 0 Å². The molecule has 1 aliphatic heterocycles.